The summed E-state index contributed by atoms with van der Waals surface area (Å²) in [6.07, 6.45) is 3.00. The van der Waals surface area contributed by atoms with Gasteiger partial charge in [0.15, 0.2) is 5.69 Å². The minimum atomic E-state index is -1.21. The van der Waals surface area contributed by atoms with Gasteiger partial charge in [-0.25, -0.2) is 14.3 Å². The quantitative estimate of drug-likeness (QED) is 0.613. The first kappa shape index (κ1) is 8.91. The lowest BCUT2D eigenvalue weighted by atomic mass is 10.5. The van der Waals surface area contributed by atoms with Crippen LogP contribution in [-0.2, 0) is 4.79 Å². The van der Waals surface area contributed by atoms with Crippen molar-refractivity contribution >= 4 is 18.1 Å². The van der Waals surface area contributed by atoms with E-state index < -0.39 is 11.9 Å². The van der Waals surface area contributed by atoms with Crippen LogP contribution in [0.15, 0.2) is 12.3 Å². The van der Waals surface area contributed by atoms with E-state index >= 15 is 0 Å². The first-order valence-corrected chi connectivity index (χ1v) is 3.16. The molecule has 1 aromatic heterocycles. The summed E-state index contributed by atoms with van der Waals surface area (Å²) in [5.41, 5.74) is -0.241. The van der Waals surface area contributed by atoms with Gasteiger partial charge < -0.3 is 10.2 Å². The van der Waals surface area contributed by atoms with Gasteiger partial charge in [-0.05, 0) is 0 Å². The van der Waals surface area contributed by atoms with Crippen molar-refractivity contribution in [3.05, 3.63) is 18.0 Å². The molecule has 0 fully saturated rings. The van der Waals surface area contributed by atoms with Crippen LogP contribution in [0.2, 0.25) is 0 Å². The molecule has 7 heteroatoms. The van der Waals surface area contributed by atoms with Crippen LogP contribution in [0.5, 0.6) is 0 Å². The van der Waals surface area contributed by atoms with Gasteiger partial charge in [0.1, 0.15) is 0 Å². The summed E-state index contributed by atoms with van der Waals surface area (Å²) in [7, 11) is 0. The second-order valence-electron chi connectivity index (χ2n) is 2.04. The normalized spacial score (nSPS) is 10.5. The molecule has 0 aliphatic heterocycles. The average molecular weight is 183 g/mol. The average Bonchev–Trinajstić information content (AvgIpc) is 2.48. The highest BCUT2D eigenvalue weighted by Gasteiger charge is 2.06. The molecule has 1 rings (SSSR count). The molecule has 0 unspecified atom stereocenters. The lowest BCUT2D eigenvalue weighted by Gasteiger charge is -1.84. The Labute approximate surface area is 71.9 Å². The molecule has 0 radical (unpaired) electrons. The number of aromatic nitrogens is 3. The maximum atomic E-state index is 10.3. The van der Waals surface area contributed by atoms with Gasteiger partial charge in [0, 0.05) is 12.3 Å². The van der Waals surface area contributed by atoms with E-state index in [2.05, 4.69) is 10.3 Å². The number of carboxylic acid groups (broad SMARTS) is 2. The van der Waals surface area contributed by atoms with Crippen LogP contribution in [0.1, 0.15) is 10.5 Å². The Kier molecular flexibility index (Phi) is 2.38. The van der Waals surface area contributed by atoms with Gasteiger partial charge in [-0.1, -0.05) is 5.21 Å². The minimum Gasteiger partial charge on any atom is -0.478 e. The number of carbonyl (C=O) groups is 2. The van der Waals surface area contributed by atoms with Gasteiger partial charge >= 0.3 is 11.9 Å². The standard InChI is InChI=1S/C6H5N3O4/c10-5(11)1-2-9-3-4(6(12)13)7-8-9/h1-3H,(H,10,11)(H,12,13)/b2-1+. The molecule has 0 spiro atoms. The first-order chi connectivity index (χ1) is 6.09. The van der Waals surface area contributed by atoms with Crippen molar-refractivity contribution in [3.63, 3.8) is 0 Å². The molecule has 1 heterocycles. The molecule has 68 valence electrons. The zero-order valence-electron chi connectivity index (χ0n) is 6.28. The summed E-state index contributed by atoms with van der Waals surface area (Å²) >= 11 is 0. The number of rotatable bonds is 3. The Morgan fingerprint density at radius 1 is 1.46 bits per heavy atom. The van der Waals surface area contributed by atoms with Gasteiger partial charge in [-0.2, -0.15) is 0 Å². The zero-order chi connectivity index (χ0) is 9.84. The summed E-state index contributed by atoms with van der Waals surface area (Å²) in [6, 6.07) is 0. The number of hydrogen-bond acceptors (Lipinski definition) is 4. The maximum Gasteiger partial charge on any atom is 0.358 e. The van der Waals surface area contributed by atoms with E-state index in [0.717, 1.165) is 23.2 Å². The van der Waals surface area contributed by atoms with Crippen molar-refractivity contribution in [3.8, 4) is 0 Å². The summed E-state index contributed by atoms with van der Waals surface area (Å²) in [5.74, 6) is -2.36. The van der Waals surface area contributed by atoms with E-state index in [1.54, 1.807) is 0 Å². The predicted octanol–water partition coefficient (Wildman–Crippen LogP) is -0.468. The molecular formula is C6H5N3O4. The van der Waals surface area contributed by atoms with Crippen LogP contribution in [0, 0.1) is 0 Å². The van der Waals surface area contributed by atoms with Crippen molar-refractivity contribution in [2.45, 2.75) is 0 Å². The van der Waals surface area contributed by atoms with E-state index in [0.29, 0.717) is 0 Å². The monoisotopic (exact) mass is 183 g/mol. The lowest BCUT2D eigenvalue weighted by molar-refractivity contribution is -0.131. The zero-order valence-corrected chi connectivity index (χ0v) is 6.28. The van der Waals surface area contributed by atoms with Crippen molar-refractivity contribution < 1.29 is 19.8 Å². The van der Waals surface area contributed by atoms with Crippen molar-refractivity contribution in [2.75, 3.05) is 0 Å². The SMILES string of the molecule is O=C(O)/C=C/n1cc(C(=O)O)nn1. The fourth-order valence-electron chi connectivity index (χ4n) is 0.588. The third-order valence-corrected chi connectivity index (χ3v) is 1.10. The van der Waals surface area contributed by atoms with E-state index in [4.69, 9.17) is 10.2 Å². The molecule has 1 aromatic rings. The molecule has 13 heavy (non-hydrogen) atoms. The second-order valence-corrected chi connectivity index (χ2v) is 2.04. The summed E-state index contributed by atoms with van der Waals surface area (Å²) in [6.45, 7) is 0. The Morgan fingerprint density at radius 3 is 2.62 bits per heavy atom. The van der Waals surface area contributed by atoms with Gasteiger partial charge in [0.2, 0.25) is 0 Å². The highest BCUT2D eigenvalue weighted by atomic mass is 16.4. The highest BCUT2D eigenvalue weighted by molar-refractivity contribution is 5.85. The highest BCUT2D eigenvalue weighted by Crippen LogP contribution is 1.92. The Morgan fingerprint density at radius 2 is 2.15 bits per heavy atom. The molecule has 0 amide bonds. The first-order valence-electron chi connectivity index (χ1n) is 3.16. The molecule has 0 bridgehead atoms. The van der Waals surface area contributed by atoms with Crippen molar-refractivity contribution in [1.82, 2.24) is 15.0 Å². The number of aliphatic carboxylic acids is 1. The summed E-state index contributed by atoms with van der Waals surface area (Å²) < 4.78 is 0.998. The van der Waals surface area contributed by atoms with E-state index in [1.165, 1.54) is 0 Å². The van der Waals surface area contributed by atoms with Crippen LogP contribution in [0.3, 0.4) is 0 Å². The predicted molar refractivity (Wildman–Crippen MR) is 39.9 cm³/mol. The molecule has 0 saturated heterocycles. The smallest absolute Gasteiger partial charge is 0.358 e. The van der Waals surface area contributed by atoms with E-state index in [-0.39, 0.29) is 5.69 Å². The third-order valence-electron chi connectivity index (χ3n) is 1.10. The largest absolute Gasteiger partial charge is 0.478 e. The fourth-order valence-corrected chi connectivity index (χ4v) is 0.588. The maximum absolute atomic E-state index is 10.3. The summed E-state index contributed by atoms with van der Waals surface area (Å²) in [5, 5.41) is 23.3. The molecule has 7 nitrogen and oxygen atoms in total. The van der Waals surface area contributed by atoms with Gasteiger partial charge in [-0.15, -0.1) is 5.10 Å². The van der Waals surface area contributed by atoms with Crippen molar-refractivity contribution in [2.24, 2.45) is 0 Å². The fraction of sp³-hybridized carbons (Fsp3) is 0. The molecule has 2 N–H and O–H groups in total. The number of carboxylic acids is 2. The molecule has 0 aliphatic rings. The Hall–Kier alpha value is -2.18. The molecule has 0 atom stereocenters. The van der Waals surface area contributed by atoms with Crippen LogP contribution < -0.4 is 0 Å². The van der Waals surface area contributed by atoms with Gasteiger partial charge in [-0.3, -0.25) is 0 Å². The van der Waals surface area contributed by atoms with Crippen LogP contribution in [-0.4, -0.2) is 37.1 Å². The lowest BCUT2D eigenvalue weighted by Crippen LogP contribution is -1.95. The third kappa shape index (κ3) is 2.40. The second kappa shape index (κ2) is 3.48. The van der Waals surface area contributed by atoms with Crippen LogP contribution in [0.4, 0.5) is 0 Å². The Balaban J connectivity index is 2.80. The number of hydrogen-bond donors (Lipinski definition) is 2. The van der Waals surface area contributed by atoms with Crippen LogP contribution in [0.25, 0.3) is 6.20 Å². The topological polar surface area (TPSA) is 105 Å². The van der Waals surface area contributed by atoms with E-state index in [9.17, 15) is 9.59 Å². The van der Waals surface area contributed by atoms with Crippen molar-refractivity contribution in [1.29, 1.82) is 0 Å². The minimum absolute atomic E-state index is 0.241. The molecule has 0 aromatic carbocycles. The Bertz CT molecular complexity index is 368. The van der Waals surface area contributed by atoms with Gasteiger partial charge in [0.25, 0.3) is 0 Å². The van der Waals surface area contributed by atoms with Gasteiger partial charge in [0.05, 0.1) is 6.20 Å². The molecule has 0 saturated carbocycles. The van der Waals surface area contributed by atoms with E-state index in [1.807, 2.05) is 0 Å². The number of aromatic carboxylic acids is 1. The summed E-state index contributed by atoms with van der Waals surface area (Å²) in [4.78, 5) is 20.3. The molecule has 0 aliphatic carbocycles. The van der Waals surface area contributed by atoms with Crippen LogP contribution >= 0.6 is 0 Å². The number of nitrogens with zero attached hydrogens (tertiary/aromatic N) is 3. The molecular weight excluding hydrogens is 178 g/mol.